The predicted molar refractivity (Wildman–Crippen MR) is 129 cm³/mol. The van der Waals surface area contributed by atoms with Gasteiger partial charge in [0.1, 0.15) is 0 Å². The smallest absolute Gasteiger partial charge is 0.338 e. The van der Waals surface area contributed by atoms with E-state index in [1.807, 2.05) is 25.3 Å². The molecule has 3 aromatic rings. The zero-order valence-electron chi connectivity index (χ0n) is 19.0. The molecule has 0 bridgehead atoms. The van der Waals surface area contributed by atoms with E-state index in [1.54, 1.807) is 19.1 Å². The molecule has 0 N–H and O–H groups in total. The first-order valence-corrected chi connectivity index (χ1v) is 10.9. The second-order valence-electron chi connectivity index (χ2n) is 8.70. The van der Waals surface area contributed by atoms with Gasteiger partial charge >= 0.3 is 5.97 Å². The van der Waals surface area contributed by atoms with Crippen LogP contribution in [0.3, 0.4) is 0 Å². The van der Waals surface area contributed by atoms with Crippen molar-refractivity contribution in [3.05, 3.63) is 106 Å². The van der Waals surface area contributed by atoms with E-state index in [2.05, 4.69) is 67.1 Å². The number of ether oxygens (including phenoxy) is 1. The molecule has 0 atom stereocenters. The molecule has 0 aliphatic heterocycles. The van der Waals surface area contributed by atoms with Gasteiger partial charge in [-0.15, -0.1) is 0 Å². The van der Waals surface area contributed by atoms with Gasteiger partial charge in [-0.05, 0) is 84.8 Å². The molecule has 0 amide bonds. The van der Waals surface area contributed by atoms with Gasteiger partial charge in [0.25, 0.3) is 0 Å². The van der Waals surface area contributed by atoms with E-state index >= 15 is 0 Å². The van der Waals surface area contributed by atoms with E-state index in [1.165, 1.54) is 16.7 Å². The molecule has 2 aromatic carbocycles. The Morgan fingerprint density at radius 2 is 1.75 bits per heavy atom. The number of allylic oxidation sites excluding steroid dienone is 1. The molecular weight excluding hydrogens is 394 g/mol. The zero-order chi connectivity index (χ0) is 22.7. The third kappa shape index (κ3) is 4.50. The first kappa shape index (κ1) is 21.6. The Morgan fingerprint density at radius 3 is 2.44 bits per heavy atom. The molecule has 0 saturated heterocycles. The van der Waals surface area contributed by atoms with Gasteiger partial charge in [0.15, 0.2) is 0 Å². The van der Waals surface area contributed by atoms with E-state index in [0.29, 0.717) is 12.2 Å². The van der Waals surface area contributed by atoms with Gasteiger partial charge in [-0.3, -0.25) is 4.98 Å². The van der Waals surface area contributed by atoms with Gasteiger partial charge in [-0.2, -0.15) is 0 Å². The molecule has 1 aliphatic carbocycles. The lowest BCUT2D eigenvalue weighted by Crippen LogP contribution is -2.22. The summed E-state index contributed by atoms with van der Waals surface area (Å²) in [4.78, 5) is 16.3. The predicted octanol–water partition coefficient (Wildman–Crippen LogP) is 6.08. The fourth-order valence-corrected chi connectivity index (χ4v) is 3.96. The van der Waals surface area contributed by atoms with Crippen LogP contribution in [0.1, 0.15) is 71.1 Å². The molecular formula is C29H27NO2. The van der Waals surface area contributed by atoms with Crippen LogP contribution in [0.4, 0.5) is 0 Å². The van der Waals surface area contributed by atoms with Gasteiger partial charge in [0.2, 0.25) is 0 Å². The molecule has 3 nitrogen and oxygen atoms in total. The Bertz CT molecular complexity index is 1240. The summed E-state index contributed by atoms with van der Waals surface area (Å²) in [5.41, 5.74) is 8.34. The van der Waals surface area contributed by atoms with Gasteiger partial charge < -0.3 is 4.74 Å². The Hall–Kier alpha value is -3.64. The highest BCUT2D eigenvalue weighted by molar-refractivity contribution is 5.89. The average Bonchev–Trinajstić information content (AvgIpc) is 2.79. The second-order valence-corrected chi connectivity index (χ2v) is 8.70. The quantitative estimate of drug-likeness (QED) is 0.380. The van der Waals surface area contributed by atoms with Crippen LogP contribution in [-0.4, -0.2) is 17.6 Å². The fourth-order valence-electron chi connectivity index (χ4n) is 3.96. The molecule has 4 rings (SSSR count). The molecule has 1 heterocycles. The topological polar surface area (TPSA) is 39.2 Å². The summed E-state index contributed by atoms with van der Waals surface area (Å²) in [6.07, 6.45) is 5.26. The van der Waals surface area contributed by atoms with E-state index < -0.39 is 0 Å². The fraction of sp³-hybridized carbons (Fsp3) is 0.241. The molecule has 0 saturated carbocycles. The number of aromatic nitrogens is 1. The standard InChI is InChI=1S/C29H27NO2/c1-5-32-28(31)23-13-9-21(10-14-23)7-8-22-11-15-27-26(18-22)25(16-17-29(27,3)4)24-12-6-20(2)30-19-24/h6,9-16,18-19H,5,17H2,1-4H3. The van der Waals surface area contributed by atoms with Crippen molar-refractivity contribution >= 4 is 11.5 Å². The van der Waals surface area contributed by atoms with E-state index in [0.717, 1.165) is 28.8 Å². The van der Waals surface area contributed by atoms with Crippen LogP contribution in [0.2, 0.25) is 0 Å². The highest BCUT2D eigenvalue weighted by Gasteiger charge is 2.28. The maximum atomic E-state index is 11.8. The highest BCUT2D eigenvalue weighted by atomic mass is 16.5. The molecule has 32 heavy (non-hydrogen) atoms. The molecule has 0 radical (unpaired) electrons. The van der Waals surface area contributed by atoms with E-state index in [-0.39, 0.29) is 11.4 Å². The minimum Gasteiger partial charge on any atom is -0.462 e. The lowest BCUT2D eigenvalue weighted by atomic mass is 9.72. The monoisotopic (exact) mass is 421 g/mol. The number of pyridine rings is 1. The van der Waals surface area contributed by atoms with Crippen LogP contribution in [0.25, 0.3) is 5.57 Å². The summed E-state index contributed by atoms with van der Waals surface area (Å²) in [5, 5.41) is 0. The number of fused-ring (bicyclic) bond motifs is 1. The van der Waals surface area contributed by atoms with Crippen molar-refractivity contribution in [2.75, 3.05) is 6.61 Å². The lowest BCUT2D eigenvalue weighted by Gasteiger charge is -2.32. The Kier molecular flexibility index (Phi) is 5.97. The number of carbonyl (C=O) groups excluding carboxylic acids is 1. The van der Waals surface area contributed by atoms with Gasteiger partial charge in [-0.1, -0.05) is 43.9 Å². The Balaban J connectivity index is 1.66. The van der Waals surface area contributed by atoms with Crippen LogP contribution >= 0.6 is 0 Å². The van der Waals surface area contributed by atoms with Crippen LogP contribution in [0.15, 0.2) is 66.9 Å². The molecule has 0 spiro atoms. The summed E-state index contributed by atoms with van der Waals surface area (Å²) in [6.45, 7) is 8.73. The van der Waals surface area contributed by atoms with Crippen LogP contribution in [0.5, 0.6) is 0 Å². The first-order valence-electron chi connectivity index (χ1n) is 10.9. The minimum absolute atomic E-state index is 0.0752. The number of hydrogen-bond acceptors (Lipinski definition) is 3. The van der Waals surface area contributed by atoms with Crippen LogP contribution in [0, 0.1) is 18.8 Å². The summed E-state index contributed by atoms with van der Waals surface area (Å²) in [5.74, 6) is 6.19. The molecule has 1 aliphatic rings. The molecule has 3 heteroatoms. The molecule has 0 unspecified atom stereocenters. The van der Waals surface area contributed by atoms with Crippen molar-refractivity contribution in [2.24, 2.45) is 0 Å². The van der Waals surface area contributed by atoms with Gasteiger partial charge in [0.05, 0.1) is 12.2 Å². The summed E-state index contributed by atoms with van der Waals surface area (Å²) in [6, 6.07) is 17.9. The van der Waals surface area contributed by atoms with Crippen molar-refractivity contribution in [1.82, 2.24) is 4.98 Å². The van der Waals surface area contributed by atoms with E-state index in [9.17, 15) is 4.79 Å². The zero-order valence-corrected chi connectivity index (χ0v) is 19.0. The number of nitrogens with zero attached hydrogens (tertiary/aromatic N) is 1. The third-order valence-electron chi connectivity index (χ3n) is 5.82. The number of aryl methyl sites for hydroxylation is 1. The largest absolute Gasteiger partial charge is 0.462 e. The average molecular weight is 422 g/mol. The maximum absolute atomic E-state index is 11.8. The minimum atomic E-state index is -0.311. The number of hydrogen-bond donors (Lipinski definition) is 0. The maximum Gasteiger partial charge on any atom is 0.338 e. The SMILES string of the molecule is CCOC(=O)c1ccc(C#Cc2ccc3c(c2)C(c2ccc(C)nc2)=CCC3(C)C)cc1. The number of benzene rings is 2. The van der Waals surface area contributed by atoms with Crippen LogP contribution in [-0.2, 0) is 10.2 Å². The normalized spacial score (nSPS) is 13.9. The summed E-state index contributed by atoms with van der Waals surface area (Å²) < 4.78 is 5.04. The summed E-state index contributed by atoms with van der Waals surface area (Å²) in [7, 11) is 0. The first-order chi connectivity index (χ1) is 15.4. The van der Waals surface area contributed by atoms with E-state index in [4.69, 9.17) is 4.74 Å². The van der Waals surface area contributed by atoms with Crippen molar-refractivity contribution in [1.29, 1.82) is 0 Å². The van der Waals surface area contributed by atoms with Crippen LogP contribution < -0.4 is 0 Å². The third-order valence-corrected chi connectivity index (χ3v) is 5.82. The second kappa shape index (κ2) is 8.85. The number of carbonyl (C=O) groups is 1. The summed E-state index contributed by atoms with van der Waals surface area (Å²) >= 11 is 0. The lowest BCUT2D eigenvalue weighted by molar-refractivity contribution is 0.0526. The van der Waals surface area contributed by atoms with Gasteiger partial charge in [0, 0.05) is 28.6 Å². The van der Waals surface area contributed by atoms with Gasteiger partial charge in [-0.25, -0.2) is 4.79 Å². The number of esters is 1. The Labute approximate surface area is 190 Å². The van der Waals surface area contributed by atoms with Crippen molar-refractivity contribution < 1.29 is 9.53 Å². The van der Waals surface area contributed by atoms with Crippen molar-refractivity contribution in [2.45, 2.75) is 39.5 Å². The molecule has 0 fully saturated rings. The molecule has 1 aromatic heterocycles. The van der Waals surface area contributed by atoms with Crippen molar-refractivity contribution in [3.8, 4) is 11.8 Å². The molecule has 160 valence electrons. The highest BCUT2D eigenvalue weighted by Crippen LogP contribution is 2.41. The van der Waals surface area contributed by atoms with Crippen molar-refractivity contribution in [3.63, 3.8) is 0 Å². The Morgan fingerprint density at radius 1 is 1.03 bits per heavy atom. The number of rotatable bonds is 3.